The van der Waals surface area contributed by atoms with Crippen LogP contribution in [0.2, 0.25) is 0 Å². The second-order valence-electron chi connectivity index (χ2n) is 15.7. The van der Waals surface area contributed by atoms with E-state index >= 15 is 0 Å². The van der Waals surface area contributed by atoms with Crippen LogP contribution < -0.4 is 0 Å². The van der Waals surface area contributed by atoms with Crippen molar-refractivity contribution < 1.29 is 4.42 Å². The molecule has 0 saturated carbocycles. The summed E-state index contributed by atoms with van der Waals surface area (Å²) in [5, 5.41) is 12.5. The number of para-hydroxylation sites is 3. The molecule has 0 fully saturated rings. The summed E-state index contributed by atoms with van der Waals surface area (Å²) in [5.41, 5.74) is 11.2. The monoisotopic (exact) mass is 763 g/mol. The first-order valence-corrected chi connectivity index (χ1v) is 20.4. The van der Waals surface area contributed by atoms with E-state index in [0.29, 0.717) is 5.95 Å². The molecule has 0 N–H and O–H groups in total. The Morgan fingerprint density at radius 1 is 0.367 bits per heavy atom. The van der Waals surface area contributed by atoms with Crippen LogP contribution in [-0.2, 0) is 0 Å². The molecule has 0 saturated heterocycles. The summed E-state index contributed by atoms with van der Waals surface area (Å²) >= 11 is 0. The van der Waals surface area contributed by atoms with Crippen molar-refractivity contribution in [3.8, 4) is 39.5 Å². The van der Waals surface area contributed by atoms with E-state index in [1.807, 2.05) is 6.07 Å². The van der Waals surface area contributed by atoms with Gasteiger partial charge in [0.05, 0.1) is 22.2 Å². The third kappa shape index (κ3) is 4.79. The van der Waals surface area contributed by atoms with E-state index in [1.165, 1.54) is 21.9 Å². The van der Waals surface area contributed by atoms with Crippen LogP contribution in [0.15, 0.2) is 205 Å². The summed E-state index contributed by atoms with van der Waals surface area (Å²) < 4.78 is 9.16. The first kappa shape index (κ1) is 32.9. The van der Waals surface area contributed by atoms with Crippen molar-refractivity contribution >= 4 is 87.0 Å². The van der Waals surface area contributed by atoms with Gasteiger partial charge in [-0.1, -0.05) is 182 Å². The number of rotatable bonds is 4. The van der Waals surface area contributed by atoms with Gasteiger partial charge in [-0.3, -0.25) is 4.57 Å². The van der Waals surface area contributed by atoms with Crippen LogP contribution in [0.25, 0.3) is 126 Å². The molecule has 0 aliphatic carbocycles. The first-order valence-electron chi connectivity index (χ1n) is 20.4. The molecule has 0 amide bonds. The molecule has 60 heavy (non-hydrogen) atoms. The van der Waals surface area contributed by atoms with E-state index in [9.17, 15) is 0 Å². The fourth-order valence-corrected chi connectivity index (χ4v) is 9.69. The summed E-state index contributed by atoms with van der Waals surface area (Å²) in [4.78, 5) is 11.0. The molecule has 0 atom stereocenters. The zero-order valence-corrected chi connectivity index (χ0v) is 32.3. The van der Waals surface area contributed by atoms with Crippen LogP contribution in [0.1, 0.15) is 0 Å². The lowest BCUT2D eigenvalue weighted by Crippen LogP contribution is -2.04. The quantitative estimate of drug-likeness (QED) is 0.179. The number of benzene rings is 10. The van der Waals surface area contributed by atoms with Crippen LogP contribution in [-0.4, -0.2) is 14.5 Å². The van der Waals surface area contributed by atoms with Crippen LogP contribution in [0, 0.1) is 0 Å². The van der Waals surface area contributed by atoms with Crippen molar-refractivity contribution in [1.29, 1.82) is 0 Å². The fourth-order valence-electron chi connectivity index (χ4n) is 9.69. The molecule has 0 aliphatic heterocycles. The molecule has 4 heteroatoms. The minimum Gasteiger partial charge on any atom is -0.455 e. The van der Waals surface area contributed by atoms with Gasteiger partial charge in [0.15, 0.2) is 0 Å². The van der Waals surface area contributed by atoms with Gasteiger partial charge in [0, 0.05) is 49.0 Å². The highest BCUT2D eigenvalue weighted by Gasteiger charge is 2.25. The molecule has 13 aromatic rings. The Morgan fingerprint density at radius 3 is 1.82 bits per heavy atom. The average molecular weight is 764 g/mol. The first-order chi connectivity index (χ1) is 29.8. The van der Waals surface area contributed by atoms with E-state index < -0.39 is 0 Å². The number of hydrogen-bond acceptors (Lipinski definition) is 3. The lowest BCUT2D eigenvalue weighted by molar-refractivity contribution is 0.670. The summed E-state index contributed by atoms with van der Waals surface area (Å²) in [7, 11) is 0. The maximum Gasteiger partial charge on any atom is 0.235 e. The predicted molar refractivity (Wildman–Crippen MR) is 250 cm³/mol. The van der Waals surface area contributed by atoms with Crippen molar-refractivity contribution in [1.82, 2.24) is 14.5 Å². The molecular formula is C56H33N3O. The highest BCUT2D eigenvalue weighted by molar-refractivity contribution is 6.25. The SMILES string of the molecule is c1ccc2c(-c3ccc(-c4nc(-n5c6c(-c7c8ccccc8cc8c7oc7ccccc78)cccc6c6ccc7ccccc7c65)nc5ccccc45)cc3)cccc2c1. The molecule has 0 bridgehead atoms. The maximum absolute atomic E-state index is 6.84. The second-order valence-corrected chi connectivity index (χ2v) is 15.7. The van der Waals surface area contributed by atoms with E-state index in [2.05, 4.69) is 199 Å². The van der Waals surface area contributed by atoms with E-state index in [-0.39, 0.29) is 0 Å². The zero-order chi connectivity index (χ0) is 39.3. The third-order valence-corrected chi connectivity index (χ3v) is 12.4. The van der Waals surface area contributed by atoms with Gasteiger partial charge in [-0.15, -0.1) is 0 Å². The Morgan fingerprint density at radius 2 is 0.967 bits per heavy atom. The minimum atomic E-state index is 0.617. The smallest absolute Gasteiger partial charge is 0.235 e. The van der Waals surface area contributed by atoms with E-state index in [4.69, 9.17) is 14.4 Å². The number of furan rings is 1. The van der Waals surface area contributed by atoms with Gasteiger partial charge in [0.1, 0.15) is 11.2 Å². The van der Waals surface area contributed by atoms with Crippen molar-refractivity contribution in [3.63, 3.8) is 0 Å². The average Bonchev–Trinajstić information content (AvgIpc) is 3.86. The molecule has 3 aromatic heterocycles. The highest BCUT2D eigenvalue weighted by Crippen LogP contribution is 2.46. The predicted octanol–water partition coefficient (Wildman–Crippen LogP) is 15.1. The molecule has 278 valence electrons. The number of aromatic nitrogens is 3. The molecular weight excluding hydrogens is 731 g/mol. The van der Waals surface area contributed by atoms with Crippen molar-refractivity contribution in [3.05, 3.63) is 200 Å². The molecule has 4 nitrogen and oxygen atoms in total. The van der Waals surface area contributed by atoms with Crippen molar-refractivity contribution in [2.75, 3.05) is 0 Å². The van der Waals surface area contributed by atoms with Crippen LogP contribution in [0.5, 0.6) is 0 Å². The fraction of sp³-hybridized carbons (Fsp3) is 0. The number of nitrogens with zero attached hydrogens (tertiary/aromatic N) is 3. The summed E-state index contributed by atoms with van der Waals surface area (Å²) in [6.07, 6.45) is 0. The van der Waals surface area contributed by atoms with E-state index in [0.717, 1.165) is 98.6 Å². The lowest BCUT2D eigenvalue weighted by atomic mass is 9.93. The normalized spacial score (nSPS) is 12.0. The molecule has 0 radical (unpaired) electrons. The summed E-state index contributed by atoms with van der Waals surface area (Å²) in [6, 6.07) is 71.3. The molecule has 0 aliphatic rings. The Bertz CT molecular complexity index is 3890. The number of hydrogen-bond donors (Lipinski definition) is 0. The Labute approximate surface area is 344 Å². The lowest BCUT2D eigenvalue weighted by Gasteiger charge is -2.15. The summed E-state index contributed by atoms with van der Waals surface area (Å²) in [6.45, 7) is 0. The standard InChI is InChI=1S/C56H33N3O/c1-4-17-39-34(13-1)16-11-22-40(39)36-27-29-37(30-28-36)52-46-21-7-9-25-49(46)57-56(58-52)59-53-42-19-6-2-14-35(42)31-32-45(53)44-23-12-24-47(54(44)59)51-41-18-5-3-15-38(41)33-48-43-20-8-10-26-50(43)60-55(48)51/h1-33H. The molecule has 0 spiro atoms. The largest absolute Gasteiger partial charge is 0.455 e. The van der Waals surface area contributed by atoms with Gasteiger partial charge < -0.3 is 4.42 Å². The summed E-state index contributed by atoms with van der Waals surface area (Å²) in [5.74, 6) is 0.617. The minimum absolute atomic E-state index is 0.617. The van der Waals surface area contributed by atoms with Gasteiger partial charge in [-0.2, -0.15) is 0 Å². The maximum atomic E-state index is 6.84. The highest BCUT2D eigenvalue weighted by atomic mass is 16.3. The van der Waals surface area contributed by atoms with Crippen molar-refractivity contribution in [2.45, 2.75) is 0 Å². The molecule has 13 rings (SSSR count). The van der Waals surface area contributed by atoms with Gasteiger partial charge in [-0.25, -0.2) is 9.97 Å². The second kappa shape index (κ2) is 12.7. The van der Waals surface area contributed by atoms with Crippen molar-refractivity contribution in [2.24, 2.45) is 0 Å². The Balaban J connectivity index is 1.13. The van der Waals surface area contributed by atoms with Gasteiger partial charge in [-0.05, 0) is 56.3 Å². The molecule has 3 heterocycles. The van der Waals surface area contributed by atoms with Crippen LogP contribution >= 0.6 is 0 Å². The van der Waals surface area contributed by atoms with E-state index in [1.54, 1.807) is 0 Å². The number of fused-ring (bicyclic) bond motifs is 11. The van der Waals surface area contributed by atoms with Gasteiger partial charge in [0.2, 0.25) is 5.95 Å². The Hall–Kier alpha value is -8.08. The van der Waals surface area contributed by atoms with Crippen LogP contribution in [0.4, 0.5) is 0 Å². The third-order valence-electron chi connectivity index (χ3n) is 12.4. The Kier molecular flexibility index (Phi) is 6.98. The topological polar surface area (TPSA) is 43.9 Å². The van der Waals surface area contributed by atoms with Gasteiger partial charge >= 0.3 is 0 Å². The molecule has 10 aromatic carbocycles. The van der Waals surface area contributed by atoms with Gasteiger partial charge in [0.25, 0.3) is 0 Å². The zero-order valence-electron chi connectivity index (χ0n) is 32.3. The van der Waals surface area contributed by atoms with Crippen LogP contribution in [0.3, 0.4) is 0 Å². The molecule has 0 unspecified atom stereocenters.